The molecule has 1 aromatic heterocycles. The third-order valence-corrected chi connectivity index (χ3v) is 2.94. The highest BCUT2D eigenvalue weighted by molar-refractivity contribution is 9.10. The number of aliphatic hydroxyl groups is 1. The van der Waals surface area contributed by atoms with E-state index in [-0.39, 0.29) is 6.10 Å². The maximum absolute atomic E-state index is 9.17. The summed E-state index contributed by atoms with van der Waals surface area (Å²) in [6.07, 6.45) is 2.95. The molecule has 3 N–H and O–H groups in total. The molecular formula is C11H19BrN4O. The number of aliphatic hydroxyl groups excluding tert-OH is 1. The second-order valence-electron chi connectivity index (χ2n) is 3.88. The van der Waals surface area contributed by atoms with E-state index in [1.807, 2.05) is 0 Å². The Balaban J connectivity index is 2.59. The van der Waals surface area contributed by atoms with Crippen LogP contribution in [-0.4, -0.2) is 34.3 Å². The van der Waals surface area contributed by atoms with Crippen LogP contribution in [0, 0.1) is 0 Å². The summed E-state index contributed by atoms with van der Waals surface area (Å²) in [6.45, 7) is 5.43. The predicted molar refractivity (Wildman–Crippen MR) is 73.3 cm³/mol. The normalized spacial score (nSPS) is 12.2. The van der Waals surface area contributed by atoms with E-state index >= 15 is 0 Å². The van der Waals surface area contributed by atoms with E-state index in [1.165, 1.54) is 6.33 Å². The van der Waals surface area contributed by atoms with Gasteiger partial charge < -0.3 is 15.7 Å². The third kappa shape index (κ3) is 4.87. The largest absolute Gasteiger partial charge is 0.393 e. The minimum Gasteiger partial charge on any atom is -0.393 e. The number of halogens is 1. The van der Waals surface area contributed by atoms with E-state index in [0.717, 1.165) is 29.1 Å². The molecule has 0 radical (unpaired) electrons. The molecule has 17 heavy (non-hydrogen) atoms. The Morgan fingerprint density at radius 2 is 1.88 bits per heavy atom. The molecule has 1 heterocycles. The molecule has 0 bridgehead atoms. The highest BCUT2D eigenvalue weighted by Gasteiger charge is 2.07. The van der Waals surface area contributed by atoms with Crippen molar-refractivity contribution in [3.63, 3.8) is 0 Å². The van der Waals surface area contributed by atoms with Gasteiger partial charge in [-0.25, -0.2) is 9.97 Å². The van der Waals surface area contributed by atoms with Crippen molar-refractivity contribution in [2.24, 2.45) is 0 Å². The lowest BCUT2D eigenvalue weighted by molar-refractivity contribution is 0.188. The molecule has 0 aliphatic rings. The van der Waals surface area contributed by atoms with Crippen LogP contribution in [-0.2, 0) is 0 Å². The Hall–Kier alpha value is -0.880. The van der Waals surface area contributed by atoms with Crippen LogP contribution >= 0.6 is 15.9 Å². The first-order valence-corrected chi connectivity index (χ1v) is 6.60. The average molecular weight is 303 g/mol. The van der Waals surface area contributed by atoms with Crippen molar-refractivity contribution in [3.05, 3.63) is 10.8 Å². The van der Waals surface area contributed by atoms with Crippen molar-refractivity contribution < 1.29 is 5.11 Å². The Kier molecular flexibility index (Phi) is 6.21. The Morgan fingerprint density at radius 1 is 1.29 bits per heavy atom. The zero-order valence-electron chi connectivity index (χ0n) is 10.2. The summed E-state index contributed by atoms with van der Waals surface area (Å²) in [4.78, 5) is 8.31. The standard InChI is InChI=1S/C11H19BrN4O/c1-3-5-13-10-9(12)11(16-7-15-10)14-6-4-8(2)17/h7-8,17H,3-6H2,1-2H3,(H2,13,14,15,16). The SMILES string of the molecule is CCCNc1ncnc(NCCC(C)O)c1Br. The smallest absolute Gasteiger partial charge is 0.145 e. The monoisotopic (exact) mass is 302 g/mol. The van der Waals surface area contributed by atoms with E-state index in [4.69, 9.17) is 0 Å². The number of aromatic nitrogens is 2. The summed E-state index contributed by atoms with van der Waals surface area (Å²) in [7, 11) is 0. The average Bonchev–Trinajstić information content (AvgIpc) is 2.29. The van der Waals surface area contributed by atoms with E-state index in [9.17, 15) is 5.11 Å². The minimum absolute atomic E-state index is 0.305. The van der Waals surface area contributed by atoms with Gasteiger partial charge in [0.05, 0.1) is 6.10 Å². The van der Waals surface area contributed by atoms with Crippen LogP contribution in [0.3, 0.4) is 0 Å². The second-order valence-corrected chi connectivity index (χ2v) is 4.67. The molecule has 1 unspecified atom stereocenters. The zero-order valence-corrected chi connectivity index (χ0v) is 11.8. The van der Waals surface area contributed by atoms with Crippen LogP contribution in [0.15, 0.2) is 10.8 Å². The van der Waals surface area contributed by atoms with Gasteiger partial charge in [-0.3, -0.25) is 0 Å². The molecule has 1 aromatic rings. The van der Waals surface area contributed by atoms with Crippen LogP contribution < -0.4 is 10.6 Å². The minimum atomic E-state index is -0.305. The van der Waals surface area contributed by atoms with Gasteiger partial charge in [0.25, 0.3) is 0 Å². The van der Waals surface area contributed by atoms with Crippen molar-refractivity contribution in [1.82, 2.24) is 9.97 Å². The summed E-state index contributed by atoms with van der Waals surface area (Å²) in [5.74, 6) is 1.54. The zero-order chi connectivity index (χ0) is 12.7. The van der Waals surface area contributed by atoms with Crippen molar-refractivity contribution in [1.29, 1.82) is 0 Å². The first-order valence-electron chi connectivity index (χ1n) is 5.81. The van der Waals surface area contributed by atoms with Gasteiger partial charge in [0.15, 0.2) is 0 Å². The van der Waals surface area contributed by atoms with Crippen LogP contribution in [0.4, 0.5) is 11.6 Å². The van der Waals surface area contributed by atoms with Gasteiger partial charge in [-0.15, -0.1) is 0 Å². The van der Waals surface area contributed by atoms with Crippen molar-refractivity contribution >= 4 is 27.6 Å². The number of hydrogen-bond acceptors (Lipinski definition) is 5. The molecule has 0 spiro atoms. The van der Waals surface area contributed by atoms with Crippen molar-refractivity contribution in [2.75, 3.05) is 23.7 Å². The van der Waals surface area contributed by atoms with Gasteiger partial charge in [-0.1, -0.05) is 6.92 Å². The summed E-state index contributed by atoms with van der Waals surface area (Å²) in [6, 6.07) is 0. The number of nitrogens with one attached hydrogen (secondary N) is 2. The maximum Gasteiger partial charge on any atom is 0.145 e. The lowest BCUT2D eigenvalue weighted by atomic mass is 10.3. The highest BCUT2D eigenvalue weighted by Crippen LogP contribution is 2.26. The fourth-order valence-electron chi connectivity index (χ4n) is 1.26. The molecule has 0 saturated carbocycles. The van der Waals surface area contributed by atoms with Gasteiger partial charge >= 0.3 is 0 Å². The molecule has 0 aliphatic heterocycles. The molecule has 0 fully saturated rings. The van der Waals surface area contributed by atoms with Gasteiger partial charge in [-0.2, -0.15) is 0 Å². The van der Waals surface area contributed by atoms with Gasteiger partial charge in [0, 0.05) is 13.1 Å². The summed E-state index contributed by atoms with van der Waals surface area (Å²) in [5.41, 5.74) is 0. The lowest BCUT2D eigenvalue weighted by Crippen LogP contribution is -2.12. The maximum atomic E-state index is 9.17. The van der Waals surface area contributed by atoms with Crippen molar-refractivity contribution in [2.45, 2.75) is 32.8 Å². The van der Waals surface area contributed by atoms with Crippen LogP contribution in [0.2, 0.25) is 0 Å². The second kappa shape index (κ2) is 7.45. The quantitative estimate of drug-likeness (QED) is 0.721. The van der Waals surface area contributed by atoms with E-state index in [0.29, 0.717) is 13.0 Å². The summed E-state index contributed by atoms with van der Waals surface area (Å²) >= 11 is 3.47. The van der Waals surface area contributed by atoms with Crippen molar-refractivity contribution in [3.8, 4) is 0 Å². The van der Waals surface area contributed by atoms with Gasteiger partial charge in [-0.05, 0) is 35.7 Å². The Labute approximate surface area is 110 Å². The Morgan fingerprint density at radius 3 is 2.41 bits per heavy atom. The highest BCUT2D eigenvalue weighted by atomic mass is 79.9. The number of rotatable bonds is 7. The van der Waals surface area contributed by atoms with E-state index in [1.54, 1.807) is 6.92 Å². The predicted octanol–water partition coefficient (Wildman–Crippen LogP) is 2.24. The molecule has 5 nitrogen and oxygen atoms in total. The number of hydrogen-bond donors (Lipinski definition) is 3. The molecule has 96 valence electrons. The summed E-state index contributed by atoms with van der Waals surface area (Å²) in [5, 5.41) is 15.6. The first kappa shape index (κ1) is 14.2. The fourth-order valence-corrected chi connectivity index (χ4v) is 1.74. The van der Waals surface area contributed by atoms with Gasteiger partial charge in [0.1, 0.15) is 22.4 Å². The molecule has 0 amide bonds. The van der Waals surface area contributed by atoms with E-state index in [2.05, 4.69) is 43.5 Å². The number of anilines is 2. The molecule has 0 aliphatic carbocycles. The van der Waals surface area contributed by atoms with Crippen LogP contribution in [0.25, 0.3) is 0 Å². The van der Waals surface area contributed by atoms with E-state index < -0.39 is 0 Å². The molecular weight excluding hydrogens is 284 g/mol. The molecule has 1 atom stereocenters. The lowest BCUT2D eigenvalue weighted by Gasteiger charge is -2.11. The Bertz CT molecular complexity index is 346. The third-order valence-electron chi connectivity index (χ3n) is 2.19. The first-order chi connectivity index (χ1) is 8.15. The molecule has 0 saturated heterocycles. The fraction of sp³-hybridized carbons (Fsp3) is 0.636. The number of nitrogens with zero attached hydrogens (tertiary/aromatic N) is 2. The summed E-state index contributed by atoms with van der Waals surface area (Å²) < 4.78 is 0.832. The van der Waals surface area contributed by atoms with Crippen LogP contribution in [0.1, 0.15) is 26.7 Å². The van der Waals surface area contributed by atoms with Crippen LogP contribution in [0.5, 0.6) is 0 Å². The molecule has 0 aromatic carbocycles. The molecule has 6 heteroatoms. The molecule has 1 rings (SSSR count). The topological polar surface area (TPSA) is 70.1 Å². The van der Waals surface area contributed by atoms with Gasteiger partial charge in [0.2, 0.25) is 0 Å².